The molecule has 0 unspecified atom stereocenters. The predicted octanol–water partition coefficient (Wildman–Crippen LogP) is 0.600. The Kier molecular flexibility index (Phi) is 2.40. The van der Waals surface area contributed by atoms with E-state index in [2.05, 4.69) is 0 Å². The van der Waals surface area contributed by atoms with Gasteiger partial charge in [-0.2, -0.15) is 0 Å². The third-order valence-electron chi connectivity index (χ3n) is 2.75. The molecule has 0 aromatic rings. The predicted molar refractivity (Wildman–Crippen MR) is 46.3 cm³/mol. The van der Waals surface area contributed by atoms with Crippen molar-refractivity contribution >= 4 is 6.09 Å². The Morgan fingerprint density at radius 1 is 1.54 bits per heavy atom. The molecule has 2 fully saturated rings. The molecule has 0 atom stereocenters. The molecule has 2 aliphatic rings. The second kappa shape index (κ2) is 3.54. The average molecular weight is 185 g/mol. The highest BCUT2D eigenvalue weighted by molar-refractivity contribution is 5.68. The fourth-order valence-corrected chi connectivity index (χ4v) is 1.92. The maximum absolute atomic E-state index is 11.2. The van der Waals surface area contributed by atoms with Crippen LogP contribution in [0.15, 0.2) is 0 Å². The van der Waals surface area contributed by atoms with E-state index in [9.17, 15) is 4.79 Å². The third kappa shape index (κ3) is 1.94. The maximum atomic E-state index is 11.2. The Labute approximate surface area is 77.5 Å². The first-order valence-corrected chi connectivity index (χ1v) is 4.85. The first-order valence-electron chi connectivity index (χ1n) is 4.85. The molecule has 4 nitrogen and oxygen atoms in total. The van der Waals surface area contributed by atoms with Crippen molar-refractivity contribution in [1.29, 1.82) is 0 Å². The molecule has 2 rings (SSSR count). The summed E-state index contributed by atoms with van der Waals surface area (Å²) in [7, 11) is 0. The van der Waals surface area contributed by atoms with Crippen LogP contribution in [0.5, 0.6) is 0 Å². The third-order valence-corrected chi connectivity index (χ3v) is 2.75. The first kappa shape index (κ1) is 8.81. The Bertz CT molecular complexity index is 201. The van der Waals surface area contributed by atoms with Crippen LogP contribution >= 0.6 is 0 Å². The summed E-state index contributed by atoms with van der Waals surface area (Å²) in [5.74, 6) is 0.487. The van der Waals surface area contributed by atoms with Gasteiger partial charge in [0.05, 0.1) is 12.7 Å². The van der Waals surface area contributed by atoms with Crippen molar-refractivity contribution in [1.82, 2.24) is 4.90 Å². The van der Waals surface area contributed by atoms with E-state index >= 15 is 0 Å². The van der Waals surface area contributed by atoms with Gasteiger partial charge in [0.15, 0.2) is 0 Å². The van der Waals surface area contributed by atoms with Gasteiger partial charge in [-0.3, -0.25) is 0 Å². The molecule has 0 aromatic carbocycles. The normalized spacial score (nSPS) is 33.9. The summed E-state index contributed by atoms with van der Waals surface area (Å²) in [6.45, 7) is 2.13. The van der Waals surface area contributed by atoms with Crippen LogP contribution in [0.3, 0.4) is 0 Å². The quantitative estimate of drug-likeness (QED) is 0.685. The van der Waals surface area contributed by atoms with Gasteiger partial charge < -0.3 is 14.7 Å². The fraction of sp³-hybridized carbons (Fsp3) is 0.889. The van der Waals surface area contributed by atoms with Crippen LogP contribution in [-0.4, -0.2) is 41.9 Å². The number of ether oxygens (including phenoxy) is 1. The van der Waals surface area contributed by atoms with Crippen LogP contribution in [0.1, 0.15) is 19.3 Å². The summed E-state index contributed by atoms with van der Waals surface area (Å²) in [4.78, 5) is 12.9. The van der Waals surface area contributed by atoms with E-state index in [0.717, 1.165) is 32.4 Å². The highest BCUT2D eigenvalue weighted by Gasteiger charge is 2.31. The zero-order valence-electron chi connectivity index (χ0n) is 7.61. The van der Waals surface area contributed by atoms with Gasteiger partial charge in [-0.05, 0) is 25.2 Å². The van der Waals surface area contributed by atoms with Crippen molar-refractivity contribution in [3.63, 3.8) is 0 Å². The molecular formula is C9H15NO3. The molecule has 13 heavy (non-hydrogen) atoms. The summed E-state index contributed by atoms with van der Waals surface area (Å²) in [6.07, 6.45) is 2.28. The van der Waals surface area contributed by atoms with Crippen molar-refractivity contribution in [3.05, 3.63) is 0 Å². The smallest absolute Gasteiger partial charge is 0.409 e. The molecule has 4 heteroatoms. The number of rotatable bonds is 2. The van der Waals surface area contributed by atoms with Gasteiger partial charge in [0.1, 0.15) is 0 Å². The maximum Gasteiger partial charge on any atom is 0.409 e. The fourth-order valence-electron chi connectivity index (χ4n) is 1.92. The number of hydrogen-bond donors (Lipinski definition) is 1. The topological polar surface area (TPSA) is 49.8 Å². The SMILES string of the molecule is O=C1OCCCN1CC1CC(O)C1. The Morgan fingerprint density at radius 2 is 2.31 bits per heavy atom. The number of aliphatic hydroxyl groups excluding tert-OH is 1. The summed E-state index contributed by atoms with van der Waals surface area (Å²) in [5, 5.41) is 9.08. The van der Waals surface area contributed by atoms with Crippen molar-refractivity contribution < 1.29 is 14.6 Å². The highest BCUT2D eigenvalue weighted by atomic mass is 16.6. The molecule has 1 heterocycles. The molecule has 1 saturated heterocycles. The number of carbonyl (C=O) groups excluding carboxylic acids is 1. The van der Waals surface area contributed by atoms with E-state index in [4.69, 9.17) is 9.84 Å². The lowest BCUT2D eigenvalue weighted by Gasteiger charge is -2.36. The first-order chi connectivity index (χ1) is 6.25. The molecule has 1 aliphatic carbocycles. The lowest BCUT2D eigenvalue weighted by atomic mass is 9.82. The van der Waals surface area contributed by atoms with Gasteiger partial charge in [0.25, 0.3) is 0 Å². The van der Waals surface area contributed by atoms with Crippen LogP contribution < -0.4 is 0 Å². The number of nitrogens with zero attached hydrogens (tertiary/aromatic N) is 1. The van der Waals surface area contributed by atoms with Crippen LogP contribution in [0, 0.1) is 5.92 Å². The van der Waals surface area contributed by atoms with Gasteiger partial charge >= 0.3 is 6.09 Å². The largest absolute Gasteiger partial charge is 0.449 e. The van der Waals surface area contributed by atoms with Gasteiger partial charge in [0, 0.05) is 13.1 Å². The van der Waals surface area contributed by atoms with E-state index in [1.807, 2.05) is 0 Å². The van der Waals surface area contributed by atoms with Crippen LogP contribution in [0.2, 0.25) is 0 Å². The zero-order chi connectivity index (χ0) is 9.26. The second-order valence-corrected chi connectivity index (χ2v) is 3.91. The van der Waals surface area contributed by atoms with Crippen molar-refractivity contribution in [2.75, 3.05) is 19.7 Å². The molecule has 1 aliphatic heterocycles. The number of carbonyl (C=O) groups is 1. The molecule has 0 bridgehead atoms. The lowest BCUT2D eigenvalue weighted by molar-refractivity contribution is 0.0117. The second-order valence-electron chi connectivity index (χ2n) is 3.91. The zero-order valence-corrected chi connectivity index (χ0v) is 7.61. The molecule has 1 amide bonds. The Morgan fingerprint density at radius 3 is 2.92 bits per heavy atom. The average Bonchev–Trinajstić information content (AvgIpc) is 2.06. The highest BCUT2D eigenvalue weighted by Crippen LogP contribution is 2.28. The van der Waals surface area contributed by atoms with E-state index in [-0.39, 0.29) is 12.2 Å². The minimum absolute atomic E-state index is 0.134. The number of hydrogen-bond acceptors (Lipinski definition) is 3. The standard InChI is InChI=1S/C9H15NO3/c11-8-4-7(5-8)6-10-2-1-3-13-9(10)12/h7-8,11H,1-6H2. The summed E-state index contributed by atoms with van der Waals surface area (Å²) in [6, 6.07) is 0. The minimum Gasteiger partial charge on any atom is -0.449 e. The molecule has 74 valence electrons. The van der Waals surface area contributed by atoms with Crippen molar-refractivity contribution in [3.8, 4) is 0 Å². The Balaban J connectivity index is 1.76. The monoisotopic (exact) mass is 185 g/mol. The van der Waals surface area contributed by atoms with Gasteiger partial charge in [0.2, 0.25) is 0 Å². The molecule has 1 N–H and O–H groups in total. The number of aliphatic hydroxyl groups is 1. The van der Waals surface area contributed by atoms with Gasteiger partial charge in [-0.25, -0.2) is 4.79 Å². The molecular weight excluding hydrogens is 170 g/mol. The van der Waals surface area contributed by atoms with E-state index in [1.165, 1.54) is 0 Å². The molecule has 0 aromatic heterocycles. The van der Waals surface area contributed by atoms with Crippen LogP contribution in [0.4, 0.5) is 4.79 Å². The van der Waals surface area contributed by atoms with Gasteiger partial charge in [-0.15, -0.1) is 0 Å². The molecule has 0 spiro atoms. The van der Waals surface area contributed by atoms with Crippen molar-refractivity contribution in [2.24, 2.45) is 5.92 Å². The Hall–Kier alpha value is -0.770. The van der Waals surface area contributed by atoms with Crippen LogP contribution in [0.25, 0.3) is 0 Å². The van der Waals surface area contributed by atoms with E-state index < -0.39 is 0 Å². The molecule has 1 saturated carbocycles. The van der Waals surface area contributed by atoms with E-state index in [1.54, 1.807) is 4.90 Å². The van der Waals surface area contributed by atoms with Crippen LogP contribution in [-0.2, 0) is 4.74 Å². The summed E-state index contributed by atoms with van der Waals surface area (Å²) < 4.78 is 4.91. The summed E-state index contributed by atoms with van der Waals surface area (Å²) >= 11 is 0. The lowest BCUT2D eigenvalue weighted by Crippen LogP contribution is -2.44. The molecule has 0 radical (unpaired) electrons. The number of cyclic esters (lactones) is 1. The van der Waals surface area contributed by atoms with Crippen molar-refractivity contribution in [2.45, 2.75) is 25.4 Å². The minimum atomic E-state index is -0.187. The van der Waals surface area contributed by atoms with Gasteiger partial charge in [-0.1, -0.05) is 0 Å². The number of amides is 1. The summed E-state index contributed by atoms with van der Waals surface area (Å²) in [5.41, 5.74) is 0. The van der Waals surface area contributed by atoms with E-state index in [0.29, 0.717) is 12.5 Å².